The van der Waals surface area contributed by atoms with Crippen LogP contribution >= 0.6 is 0 Å². The van der Waals surface area contributed by atoms with Crippen molar-refractivity contribution in [2.45, 2.75) is 13.5 Å². The Balaban J connectivity index is 2.25. The highest BCUT2D eigenvalue weighted by Gasteiger charge is 2.19. The standard InChI is InChI=1S/C12H10N4O3/c1-8-5-10(15-19-8)7-14-11-4-2-3-9(6-13)12(11)16(17)18/h2-5,14H,7H2,1H3. The van der Waals surface area contributed by atoms with Crippen LogP contribution in [-0.2, 0) is 6.54 Å². The van der Waals surface area contributed by atoms with Crippen LogP contribution in [0, 0.1) is 28.4 Å². The number of aryl methyl sites for hydroxylation is 1. The fraction of sp³-hybridized carbons (Fsp3) is 0.167. The quantitative estimate of drug-likeness (QED) is 0.666. The van der Waals surface area contributed by atoms with Gasteiger partial charge in [-0.2, -0.15) is 5.26 Å². The number of benzene rings is 1. The van der Waals surface area contributed by atoms with Gasteiger partial charge in [0.1, 0.15) is 28.8 Å². The summed E-state index contributed by atoms with van der Waals surface area (Å²) >= 11 is 0. The summed E-state index contributed by atoms with van der Waals surface area (Å²) < 4.78 is 4.90. The number of nitriles is 1. The Hall–Kier alpha value is -2.88. The van der Waals surface area contributed by atoms with E-state index >= 15 is 0 Å². The fourth-order valence-electron chi connectivity index (χ4n) is 1.66. The maximum Gasteiger partial charge on any atom is 0.309 e. The minimum atomic E-state index is -0.574. The molecule has 0 amide bonds. The van der Waals surface area contributed by atoms with Crippen LogP contribution in [0.2, 0.25) is 0 Å². The predicted octanol–water partition coefficient (Wildman–Crippen LogP) is 2.38. The fourth-order valence-corrected chi connectivity index (χ4v) is 1.66. The first kappa shape index (κ1) is 12.6. The lowest BCUT2D eigenvalue weighted by molar-refractivity contribution is -0.384. The summed E-state index contributed by atoms with van der Waals surface area (Å²) in [5, 5.41) is 26.5. The first-order valence-electron chi connectivity index (χ1n) is 5.45. The topological polar surface area (TPSA) is 105 Å². The zero-order chi connectivity index (χ0) is 13.8. The third-order valence-corrected chi connectivity index (χ3v) is 2.48. The Morgan fingerprint density at radius 1 is 1.58 bits per heavy atom. The lowest BCUT2D eigenvalue weighted by Crippen LogP contribution is -2.04. The summed E-state index contributed by atoms with van der Waals surface area (Å²) in [4.78, 5) is 10.4. The number of nitro benzene ring substituents is 1. The summed E-state index contributed by atoms with van der Waals surface area (Å²) in [5.74, 6) is 0.664. The molecule has 1 heterocycles. The molecule has 19 heavy (non-hydrogen) atoms. The van der Waals surface area contributed by atoms with Gasteiger partial charge in [0.2, 0.25) is 0 Å². The molecule has 0 bridgehead atoms. The maximum absolute atomic E-state index is 11.0. The van der Waals surface area contributed by atoms with E-state index in [1.54, 1.807) is 31.2 Å². The molecule has 0 aliphatic heterocycles. The zero-order valence-corrected chi connectivity index (χ0v) is 10.1. The summed E-state index contributed by atoms with van der Waals surface area (Å²) in [6.45, 7) is 2.04. The lowest BCUT2D eigenvalue weighted by Gasteiger charge is -2.05. The summed E-state index contributed by atoms with van der Waals surface area (Å²) in [6, 6.07) is 8.07. The smallest absolute Gasteiger partial charge is 0.309 e. The lowest BCUT2D eigenvalue weighted by atomic mass is 10.1. The van der Waals surface area contributed by atoms with Crippen LogP contribution in [-0.4, -0.2) is 10.1 Å². The van der Waals surface area contributed by atoms with Crippen molar-refractivity contribution in [3.05, 3.63) is 51.4 Å². The highest BCUT2D eigenvalue weighted by molar-refractivity contribution is 5.68. The maximum atomic E-state index is 11.0. The Kier molecular flexibility index (Phi) is 3.43. The summed E-state index contributed by atoms with van der Waals surface area (Å²) in [7, 11) is 0. The van der Waals surface area contributed by atoms with Crippen LogP contribution in [0.5, 0.6) is 0 Å². The van der Waals surface area contributed by atoms with Crippen molar-refractivity contribution in [1.82, 2.24) is 5.16 Å². The largest absolute Gasteiger partial charge is 0.374 e. The highest BCUT2D eigenvalue weighted by atomic mass is 16.6. The third-order valence-electron chi connectivity index (χ3n) is 2.48. The molecule has 0 saturated carbocycles. The van der Waals surface area contributed by atoms with Crippen molar-refractivity contribution in [1.29, 1.82) is 5.26 Å². The summed E-state index contributed by atoms with van der Waals surface area (Å²) in [6.07, 6.45) is 0. The van der Waals surface area contributed by atoms with Gasteiger partial charge in [0.15, 0.2) is 0 Å². The number of hydrogen-bond donors (Lipinski definition) is 1. The third kappa shape index (κ3) is 2.69. The predicted molar refractivity (Wildman–Crippen MR) is 66.4 cm³/mol. The molecule has 0 fully saturated rings. The van der Waals surface area contributed by atoms with Crippen LogP contribution < -0.4 is 5.32 Å². The molecular formula is C12H10N4O3. The Morgan fingerprint density at radius 3 is 2.95 bits per heavy atom. The van der Waals surface area contributed by atoms with E-state index in [0.29, 0.717) is 11.5 Å². The van der Waals surface area contributed by atoms with Gasteiger partial charge in [0.05, 0.1) is 11.5 Å². The van der Waals surface area contributed by atoms with Gasteiger partial charge in [-0.1, -0.05) is 11.2 Å². The number of nitro groups is 1. The second-order valence-electron chi connectivity index (χ2n) is 3.85. The molecular weight excluding hydrogens is 248 g/mol. The number of nitrogens with one attached hydrogen (secondary N) is 1. The van der Waals surface area contributed by atoms with Crippen LogP contribution in [0.1, 0.15) is 17.0 Å². The first-order chi connectivity index (χ1) is 9.11. The number of rotatable bonds is 4. The molecule has 0 unspecified atom stereocenters. The summed E-state index contributed by atoms with van der Waals surface area (Å²) in [5.41, 5.74) is 0.704. The molecule has 0 aliphatic rings. The number of nitrogens with zero attached hydrogens (tertiary/aromatic N) is 3. The van der Waals surface area contributed by atoms with Crippen molar-refractivity contribution in [2.24, 2.45) is 0 Å². The van der Waals surface area contributed by atoms with E-state index in [1.165, 1.54) is 6.07 Å². The Morgan fingerprint density at radius 2 is 2.37 bits per heavy atom. The average molecular weight is 258 g/mol. The molecule has 96 valence electrons. The molecule has 0 saturated heterocycles. The van der Waals surface area contributed by atoms with Gasteiger partial charge in [0.25, 0.3) is 0 Å². The van der Waals surface area contributed by atoms with Crippen molar-refractivity contribution >= 4 is 11.4 Å². The molecule has 0 spiro atoms. The monoisotopic (exact) mass is 258 g/mol. The van der Waals surface area contributed by atoms with Gasteiger partial charge < -0.3 is 9.84 Å². The van der Waals surface area contributed by atoms with E-state index in [-0.39, 0.29) is 23.5 Å². The Labute approximate surface area is 108 Å². The molecule has 7 heteroatoms. The SMILES string of the molecule is Cc1cc(CNc2cccc(C#N)c2[N+](=O)[O-])no1. The van der Waals surface area contributed by atoms with Gasteiger partial charge in [-0.05, 0) is 19.1 Å². The van der Waals surface area contributed by atoms with E-state index < -0.39 is 4.92 Å². The number of aromatic nitrogens is 1. The molecule has 7 nitrogen and oxygen atoms in total. The minimum Gasteiger partial charge on any atom is -0.374 e. The second kappa shape index (κ2) is 5.18. The number of anilines is 1. The van der Waals surface area contributed by atoms with Gasteiger partial charge in [-0.15, -0.1) is 0 Å². The van der Waals surface area contributed by atoms with Crippen LogP contribution in [0.25, 0.3) is 0 Å². The second-order valence-corrected chi connectivity index (χ2v) is 3.85. The first-order valence-corrected chi connectivity index (χ1v) is 5.45. The van der Waals surface area contributed by atoms with Gasteiger partial charge >= 0.3 is 5.69 Å². The molecule has 0 atom stereocenters. The van der Waals surface area contributed by atoms with Gasteiger partial charge in [0, 0.05) is 6.07 Å². The zero-order valence-electron chi connectivity index (χ0n) is 10.1. The molecule has 2 rings (SSSR count). The van der Waals surface area contributed by atoms with Crippen LogP contribution in [0.15, 0.2) is 28.8 Å². The molecule has 1 aromatic heterocycles. The van der Waals surface area contributed by atoms with E-state index in [1.807, 2.05) is 0 Å². The molecule has 1 aromatic carbocycles. The highest BCUT2D eigenvalue weighted by Crippen LogP contribution is 2.28. The van der Waals surface area contributed by atoms with Crippen molar-refractivity contribution < 1.29 is 9.45 Å². The number of para-hydroxylation sites is 1. The van der Waals surface area contributed by atoms with Crippen molar-refractivity contribution in [2.75, 3.05) is 5.32 Å². The van der Waals surface area contributed by atoms with E-state index in [4.69, 9.17) is 9.78 Å². The van der Waals surface area contributed by atoms with E-state index in [2.05, 4.69) is 10.5 Å². The van der Waals surface area contributed by atoms with E-state index in [9.17, 15) is 10.1 Å². The molecule has 2 aromatic rings. The van der Waals surface area contributed by atoms with E-state index in [0.717, 1.165) is 0 Å². The van der Waals surface area contributed by atoms with Crippen LogP contribution in [0.3, 0.4) is 0 Å². The average Bonchev–Trinajstić information content (AvgIpc) is 2.81. The van der Waals surface area contributed by atoms with Crippen molar-refractivity contribution in [3.63, 3.8) is 0 Å². The minimum absolute atomic E-state index is 0.0198. The number of hydrogen-bond acceptors (Lipinski definition) is 6. The van der Waals surface area contributed by atoms with Gasteiger partial charge in [-0.3, -0.25) is 10.1 Å². The Bertz CT molecular complexity index is 657. The molecule has 1 N–H and O–H groups in total. The van der Waals surface area contributed by atoms with Gasteiger partial charge in [-0.25, -0.2) is 0 Å². The van der Waals surface area contributed by atoms with Crippen molar-refractivity contribution in [3.8, 4) is 6.07 Å². The molecule has 0 radical (unpaired) electrons. The molecule has 0 aliphatic carbocycles. The van der Waals surface area contributed by atoms with Crippen LogP contribution in [0.4, 0.5) is 11.4 Å². The normalized spacial score (nSPS) is 9.89.